The van der Waals surface area contributed by atoms with Crippen LogP contribution in [-0.4, -0.2) is 21.6 Å². The van der Waals surface area contributed by atoms with E-state index in [9.17, 15) is 49.8 Å². The number of Topliss-reactive ketones (excluding diaryl/α,β-unsaturated/α-hetero) is 1. The van der Waals surface area contributed by atoms with E-state index < -0.39 is 109 Å². The Bertz CT molecular complexity index is 2350. The molecule has 0 unspecified atom stereocenters. The van der Waals surface area contributed by atoms with Gasteiger partial charge in [0.05, 0.1) is 21.3 Å². The van der Waals surface area contributed by atoms with Crippen molar-refractivity contribution in [2.75, 3.05) is 0 Å². The van der Waals surface area contributed by atoms with Crippen LogP contribution in [-0.2, 0) is 0 Å². The summed E-state index contributed by atoms with van der Waals surface area (Å²) in [5.41, 5.74) is -12.4. The van der Waals surface area contributed by atoms with E-state index in [0.717, 1.165) is 17.4 Å². The van der Waals surface area contributed by atoms with Crippen molar-refractivity contribution in [1.82, 2.24) is 4.57 Å². The molecular formula is C29H7F12NO3S. The van der Waals surface area contributed by atoms with E-state index in [-0.39, 0.29) is 14.7 Å². The first-order valence-electron chi connectivity index (χ1n) is 12.2. The summed E-state index contributed by atoms with van der Waals surface area (Å²) in [4.78, 5) is 25.7. The first-order valence-corrected chi connectivity index (χ1v) is 13.0. The van der Waals surface area contributed by atoms with Crippen molar-refractivity contribution in [2.45, 2.75) is 6.18 Å². The van der Waals surface area contributed by atoms with Crippen molar-refractivity contribution in [3.05, 3.63) is 105 Å². The molecule has 236 valence electrons. The van der Waals surface area contributed by atoms with Gasteiger partial charge in [0.1, 0.15) is 17.0 Å². The molecule has 1 N–H and O–H groups in total. The minimum Gasteiger partial charge on any atom is -0.506 e. The molecule has 0 radical (unpaired) electrons. The first-order chi connectivity index (χ1) is 21.5. The van der Waals surface area contributed by atoms with Crippen LogP contribution in [0.1, 0.15) is 10.4 Å². The van der Waals surface area contributed by atoms with Crippen molar-refractivity contribution in [2.24, 2.45) is 0 Å². The van der Waals surface area contributed by atoms with Gasteiger partial charge in [-0.05, 0) is 12.1 Å². The fraction of sp³-hybridized carbons (Fsp3) is 0.0345. The summed E-state index contributed by atoms with van der Waals surface area (Å²) in [5.74, 6) is -29.9. The number of halogens is 12. The number of hydrogen-bond donors (Lipinski definition) is 1. The van der Waals surface area contributed by atoms with Crippen molar-refractivity contribution < 1.29 is 62.6 Å². The fourth-order valence-corrected chi connectivity index (χ4v) is 6.30. The Hall–Kier alpha value is -5.06. The molecule has 4 aromatic carbocycles. The van der Waals surface area contributed by atoms with Gasteiger partial charge in [0.2, 0.25) is 5.82 Å². The average molecular weight is 677 g/mol. The molecule has 0 atom stereocenters. The Morgan fingerprint density at radius 1 is 0.652 bits per heavy atom. The topological polar surface area (TPSA) is 59.3 Å². The zero-order valence-corrected chi connectivity index (χ0v) is 22.4. The molecule has 0 aliphatic carbocycles. The van der Waals surface area contributed by atoms with Gasteiger partial charge in [-0.2, -0.15) is 13.2 Å². The summed E-state index contributed by atoms with van der Waals surface area (Å²) in [6, 6.07) is 8.15. The molecule has 0 saturated heterocycles. The molecular weight excluding hydrogens is 670 g/mol. The second-order valence-corrected chi connectivity index (χ2v) is 10.6. The van der Waals surface area contributed by atoms with Crippen molar-refractivity contribution >= 4 is 48.2 Å². The zero-order chi connectivity index (χ0) is 33.7. The number of ketones is 1. The van der Waals surface area contributed by atoms with Gasteiger partial charge in [0.15, 0.2) is 46.5 Å². The molecule has 0 spiro atoms. The fourth-order valence-electron chi connectivity index (χ4n) is 5.06. The first kappa shape index (κ1) is 30.9. The molecule has 0 amide bonds. The lowest BCUT2D eigenvalue weighted by atomic mass is 9.99. The molecule has 46 heavy (non-hydrogen) atoms. The van der Waals surface area contributed by atoms with Crippen LogP contribution >= 0.6 is 11.3 Å². The number of fused-ring (bicyclic) bond motifs is 5. The number of nitrogens with zero attached hydrogens (tertiary/aromatic N) is 1. The number of aromatic hydroxyl groups is 1. The standard InChI is InChI=1S/C29H7F12NO3S/c30-14-11(15(31)19(35)20(36)18(14)34)12-16(32)21(37)24(22(38)17(12)33)42-23-9(25(43)13(28(42)45)27(44)29(39,40)41)6-5-8-7-3-1-2-4-10(7)46-26(8)23/h1-6,43H. The lowest BCUT2D eigenvalue weighted by molar-refractivity contribution is -0.0887. The molecule has 0 aliphatic rings. The predicted molar refractivity (Wildman–Crippen MR) is 140 cm³/mol. The zero-order valence-electron chi connectivity index (χ0n) is 21.6. The van der Waals surface area contributed by atoms with Crippen LogP contribution in [0, 0.1) is 52.4 Å². The highest BCUT2D eigenvalue weighted by molar-refractivity contribution is 7.26. The van der Waals surface area contributed by atoms with Crippen LogP contribution in [0.2, 0.25) is 0 Å². The summed E-state index contributed by atoms with van der Waals surface area (Å²) in [7, 11) is 0. The largest absolute Gasteiger partial charge is 0.506 e. The Kier molecular flexibility index (Phi) is 6.88. The van der Waals surface area contributed by atoms with Crippen LogP contribution in [0.4, 0.5) is 52.7 Å². The summed E-state index contributed by atoms with van der Waals surface area (Å²) in [6.07, 6.45) is -5.88. The molecule has 17 heteroatoms. The minimum absolute atomic E-state index is 0.148. The second-order valence-electron chi connectivity index (χ2n) is 9.55. The van der Waals surface area contributed by atoms with E-state index in [2.05, 4.69) is 0 Å². The van der Waals surface area contributed by atoms with Crippen LogP contribution in [0.15, 0.2) is 41.2 Å². The predicted octanol–water partition coefficient (Wildman–Crippen LogP) is 8.73. The van der Waals surface area contributed by atoms with Crippen molar-refractivity contribution in [1.29, 1.82) is 0 Å². The number of hydrogen-bond acceptors (Lipinski definition) is 4. The van der Waals surface area contributed by atoms with Crippen LogP contribution < -0.4 is 5.56 Å². The third-order valence-electron chi connectivity index (χ3n) is 7.06. The maximum atomic E-state index is 15.8. The maximum absolute atomic E-state index is 15.8. The summed E-state index contributed by atoms with van der Waals surface area (Å²) >= 11 is 0.737. The van der Waals surface area contributed by atoms with Crippen LogP contribution in [0.5, 0.6) is 5.75 Å². The second kappa shape index (κ2) is 10.2. The van der Waals surface area contributed by atoms with Gasteiger partial charge in [-0.1, -0.05) is 24.3 Å². The molecule has 0 saturated carbocycles. The molecule has 6 rings (SSSR count). The number of carbonyl (C=O) groups excluding carboxylic acids is 1. The number of alkyl halides is 3. The molecule has 4 nitrogen and oxygen atoms in total. The number of thiophene rings is 1. The van der Waals surface area contributed by atoms with E-state index in [0.29, 0.717) is 10.1 Å². The summed E-state index contributed by atoms with van der Waals surface area (Å²) < 4.78 is 173. The molecule has 2 heterocycles. The number of benzene rings is 4. The molecule has 0 aliphatic heterocycles. The monoisotopic (exact) mass is 677 g/mol. The molecule has 0 bridgehead atoms. The Labute approximate surface area is 248 Å². The van der Waals surface area contributed by atoms with Gasteiger partial charge >= 0.3 is 6.18 Å². The van der Waals surface area contributed by atoms with Gasteiger partial charge in [0, 0.05) is 20.9 Å². The van der Waals surface area contributed by atoms with Crippen molar-refractivity contribution in [3.63, 3.8) is 0 Å². The Morgan fingerprint density at radius 2 is 1.13 bits per heavy atom. The van der Waals surface area contributed by atoms with E-state index in [1.54, 1.807) is 0 Å². The van der Waals surface area contributed by atoms with Crippen LogP contribution in [0.25, 0.3) is 47.9 Å². The third-order valence-corrected chi connectivity index (χ3v) is 8.25. The van der Waals surface area contributed by atoms with Crippen LogP contribution in [0.3, 0.4) is 0 Å². The summed E-state index contributed by atoms with van der Waals surface area (Å²) in [6.45, 7) is 0. The van der Waals surface area contributed by atoms with Gasteiger partial charge in [-0.15, -0.1) is 11.3 Å². The van der Waals surface area contributed by atoms with Gasteiger partial charge in [-0.25, -0.2) is 39.5 Å². The molecule has 0 fully saturated rings. The smallest absolute Gasteiger partial charge is 0.455 e. The lowest BCUT2D eigenvalue weighted by Gasteiger charge is -2.19. The number of carbonyl (C=O) groups is 1. The highest BCUT2D eigenvalue weighted by Gasteiger charge is 2.44. The third kappa shape index (κ3) is 4.10. The van der Waals surface area contributed by atoms with Gasteiger partial charge in [0.25, 0.3) is 11.3 Å². The average Bonchev–Trinajstić information content (AvgIpc) is 3.39. The van der Waals surface area contributed by atoms with E-state index in [4.69, 9.17) is 0 Å². The number of rotatable bonds is 3. The Balaban J connectivity index is 1.84. The van der Waals surface area contributed by atoms with E-state index in [1.165, 1.54) is 30.3 Å². The SMILES string of the molecule is O=C(c1c(O)c2ccc3c4ccccc4sc3c2n(-c2c(F)c(F)c(-c3c(F)c(F)c(F)c(F)c3F)c(F)c2F)c1=O)C(F)(F)F. The van der Waals surface area contributed by atoms with Gasteiger partial charge in [-0.3, -0.25) is 14.2 Å². The Morgan fingerprint density at radius 3 is 1.67 bits per heavy atom. The molecule has 2 aromatic heterocycles. The summed E-state index contributed by atoms with van der Waals surface area (Å²) in [5, 5.41) is 10.4. The quantitative estimate of drug-likeness (QED) is 0.0883. The number of aromatic nitrogens is 1. The lowest BCUT2D eigenvalue weighted by Crippen LogP contribution is -2.33. The highest BCUT2D eigenvalue weighted by Crippen LogP contribution is 2.44. The normalized spacial score (nSPS) is 12.2. The van der Waals surface area contributed by atoms with E-state index >= 15 is 17.6 Å². The number of pyridine rings is 1. The van der Waals surface area contributed by atoms with Crippen molar-refractivity contribution in [3.8, 4) is 22.6 Å². The van der Waals surface area contributed by atoms with E-state index in [1.807, 2.05) is 0 Å². The highest BCUT2D eigenvalue weighted by atomic mass is 32.1. The minimum atomic E-state index is -5.88. The van der Waals surface area contributed by atoms with Gasteiger partial charge < -0.3 is 5.11 Å². The maximum Gasteiger partial charge on any atom is 0.455 e. The molecule has 6 aromatic rings.